The third kappa shape index (κ3) is 2.35. The first-order valence-electron chi connectivity index (χ1n) is 4.04. The summed E-state index contributed by atoms with van der Waals surface area (Å²) >= 11 is 0. The largest absolute Gasteiger partial charge is 0.328 e. The molecule has 0 aromatic rings. The highest BCUT2D eigenvalue weighted by Crippen LogP contribution is 2.30. The first kappa shape index (κ1) is 7.07. The second-order valence-corrected chi connectivity index (χ2v) is 3.35. The summed E-state index contributed by atoms with van der Waals surface area (Å²) in [5.74, 6) is 1.04. The molecular formula is C8H17N. The molecule has 0 saturated heterocycles. The monoisotopic (exact) mass is 127 g/mol. The highest BCUT2D eigenvalue weighted by molar-refractivity contribution is 4.70. The molecule has 1 nitrogen and oxygen atoms in total. The van der Waals surface area contributed by atoms with Crippen LogP contribution < -0.4 is 5.73 Å². The average molecular weight is 127 g/mol. The first-order valence-corrected chi connectivity index (χ1v) is 4.04. The minimum Gasteiger partial charge on any atom is -0.328 e. The van der Waals surface area contributed by atoms with Crippen LogP contribution in [0.15, 0.2) is 0 Å². The molecule has 0 bridgehead atoms. The van der Waals surface area contributed by atoms with Crippen molar-refractivity contribution in [3.63, 3.8) is 0 Å². The standard InChI is InChI=1S/C8H17N/c1-7(9)5-6-8-3-2-4-8/h7-8H,2-6,9H2,1H3/t7-/m1/s1. The molecule has 0 spiro atoms. The summed E-state index contributed by atoms with van der Waals surface area (Å²) < 4.78 is 0. The molecule has 9 heavy (non-hydrogen) atoms. The van der Waals surface area contributed by atoms with Gasteiger partial charge >= 0.3 is 0 Å². The third-order valence-electron chi connectivity index (χ3n) is 2.26. The van der Waals surface area contributed by atoms with Crippen LogP contribution in [0.2, 0.25) is 0 Å². The molecule has 1 aliphatic carbocycles. The van der Waals surface area contributed by atoms with Gasteiger partial charge in [-0.3, -0.25) is 0 Å². The van der Waals surface area contributed by atoms with Crippen LogP contribution >= 0.6 is 0 Å². The SMILES string of the molecule is C[C@@H](N)CCC1CCC1. The molecule has 0 amide bonds. The van der Waals surface area contributed by atoms with Gasteiger partial charge in [-0.05, 0) is 25.7 Å². The normalized spacial score (nSPS) is 23.3. The van der Waals surface area contributed by atoms with Crippen molar-refractivity contribution in [1.29, 1.82) is 0 Å². The topological polar surface area (TPSA) is 26.0 Å². The van der Waals surface area contributed by atoms with Crippen molar-refractivity contribution in [1.82, 2.24) is 0 Å². The lowest BCUT2D eigenvalue weighted by Gasteiger charge is -2.25. The van der Waals surface area contributed by atoms with Crippen LogP contribution in [-0.2, 0) is 0 Å². The highest BCUT2D eigenvalue weighted by Gasteiger charge is 2.16. The quantitative estimate of drug-likeness (QED) is 0.615. The van der Waals surface area contributed by atoms with Crippen LogP contribution in [0.1, 0.15) is 39.0 Å². The van der Waals surface area contributed by atoms with E-state index in [1.165, 1.54) is 32.1 Å². The van der Waals surface area contributed by atoms with Gasteiger partial charge in [0.15, 0.2) is 0 Å². The van der Waals surface area contributed by atoms with Crippen LogP contribution in [0.25, 0.3) is 0 Å². The lowest BCUT2D eigenvalue weighted by atomic mass is 9.81. The van der Waals surface area contributed by atoms with Crippen molar-refractivity contribution in [2.75, 3.05) is 0 Å². The second kappa shape index (κ2) is 3.21. The summed E-state index contributed by atoms with van der Waals surface area (Å²) in [5, 5.41) is 0. The predicted octanol–water partition coefficient (Wildman–Crippen LogP) is 1.91. The molecule has 1 rings (SSSR count). The Kier molecular flexibility index (Phi) is 2.52. The van der Waals surface area contributed by atoms with Gasteiger partial charge in [-0.25, -0.2) is 0 Å². The zero-order valence-electron chi connectivity index (χ0n) is 6.27. The molecular weight excluding hydrogens is 110 g/mol. The minimum absolute atomic E-state index is 0.422. The lowest BCUT2D eigenvalue weighted by Crippen LogP contribution is -2.19. The van der Waals surface area contributed by atoms with Crippen molar-refractivity contribution in [3.8, 4) is 0 Å². The van der Waals surface area contributed by atoms with E-state index in [4.69, 9.17) is 5.73 Å². The molecule has 0 heterocycles. The Morgan fingerprint density at radius 3 is 2.56 bits per heavy atom. The van der Waals surface area contributed by atoms with Gasteiger partial charge in [0.25, 0.3) is 0 Å². The van der Waals surface area contributed by atoms with Crippen molar-refractivity contribution in [2.45, 2.75) is 45.1 Å². The number of hydrogen-bond donors (Lipinski definition) is 1. The summed E-state index contributed by atoms with van der Waals surface area (Å²) in [7, 11) is 0. The Balaban J connectivity index is 1.91. The molecule has 1 fully saturated rings. The summed E-state index contributed by atoms with van der Waals surface area (Å²) in [6.45, 7) is 2.10. The molecule has 54 valence electrons. The Labute approximate surface area is 57.6 Å². The Morgan fingerprint density at radius 2 is 2.22 bits per heavy atom. The Hall–Kier alpha value is -0.0400. The Bertz CT molecular complexity index is 74.6. The highest BCUT2D eigenvalue weighted by atomic mass is 14.6. The number of rotatable bonds is 3. The lowest BCUT2D eigenvalue weighted by molar-refractivity contribution is 0.284. The Morgan fingerprint density at radius 1 is 1.56 bits per heavy atom. The van der Waals surface area contributed by atoms with Crippen LogP contribution in [0.5, 0.6) is 0 Å². The van der Waals surface area contributed by atoms with Crippen molar-refractivity contribution >= 4 is 0 Å². The van der Waals surface area contributed by atoms with E-state index in [1.807, 2.05) is 0 Å². The maximum Gasteiger partial charge on any atom is 0.00105 e. The average Bonchev–Trinajstić information content (AvgIpc) is 1.60. The van der Waals surface area contributed by atoms with E-state index in [1.54, 1.807) is 0 Å². The summed E-state index contributed by atoms with van der Waals surface area (Å²) in [5.41, 5.74) is 5.62. The molecule has 1 heteroatoms. The summed E-state index contributed by atoms with van der Waals surface area (Å²) in [6, 6.07) is 0.422. The molecule has 0 aromatic heterocycles. The van der Waals surface area contributed by atoms with Crippen molar-refractivity contribution in [3.05, 3.63) is 0 Å². The number of hydrogen-bond acceptors (Lipinski definition) is 1. The minimum atomic E-state index is 0.422. The maximum absolute atomic E-state index is 5.62. The number of nitrogens with two attached hydrogens (primary N) is 1. The predicted molar refractivity (Wildman–Crippen MR) is 40.2 cm³/mol. The van der Waals surface area contributed by atoms with E-state index in [0.29, 0.717) is 6.04 Å². The smallest absolute Gasteiger partial charge is 0.00105 e. The molecule has 1 aliphatic rings. The third-order valence-corrected chi connectivity index (χ3v) is 2.26. The van der Waals surface area contributed by atoms with Crippen molar-refractivity contribution < 1.29 is 0 Å². The van der Waals surface area contributed by atoms with Gasteiger partial charge in [-0.15, -0.1) is 0 Å². The molecule has 0 aromatic carbocycles. The molecule has 0 unspecified atom stereocenters. The summed E-state index contributed by atoms with van der Waals surface area (Å²) in [4.78, 5) is 0. The van der Waals surface area contributed by atoms with Crippen LogP contribution in [0.3, 0.4) is 0 Å². The first-order chi connectivity index (χ1) is 4.29. The van der Waals surface area contributed by atoms with E-state index in [2.05, 4.69) is 6.92 Å². The molecule has 1 atom stereocenters. The van der Waals surface area contributed by atoms with E-state index in [-0.39, 0.29) is 0 Å². The fraction of sp³-hybridized carbons (Fsp3) is 1.00. The molecule has 1 saturated carbocycles. The van der Waals surface area contributed by atoms with Gasteiger partial charge in [0.05, 0.1) is 0 Å². The van der Waals surface area contributed by atoms with Crippen LogP contribution in [0, 0.1) is 5.92 Å². The molecule has 0 radical (unpaired) electrons. The van der Waals surface area contributed by atoms with Gasteiger partial charge in [0, 0.05) is 6.04 Å². The van der Waals surface area contributed by atoms with Gasteiger partial charge in [-0.1, -0.05) is 19.3 Å². The van der Waals surface area contributed by atoms with Gasteiger partial charge < -0.3 is 5.73 Å². The maximum atomic E-state index is 5.62. The van der Waals surface area contributed by atoms with Crippen LogP contribution in [-0.4, -0.2) is 6.04 Å². The van der Waals surface area contributed by atoms with Crippen LogP contribution in [0.4, 0.5) is 0 Å². The summed E-state index contributed by atoms with van der Waals surface area (Å²) in [6.07, 6.45) is 6.99. The van der Waals surface area contributed by atoms with E-state index in [0.717, 1.165) is 5.92 Å². The van der Waals surface area contributed by atoms with Gasteiger partial charge in [0.1, 0.15) is 0 Å². The second-order valence-electron chi connectivity index (χ2n) is 3.35. The zero-order valence-corrected chi connectivity index (χ0v) is 6.27. The van der Waals surface area contributed by atoms with Crippen molar-refractivity contribution in [2.24, 2.45) is 11.7 Å². The molecule has 0 aliphatic heterocycles. The fourth-order valence-electron chi connectivity index (χ4n) is 1.28. The molecule has 2 N–H and O–H groups in total. The fourth-order valence-corrected chi connectivity index (χ4v) is 1.28. The van der Waals surface area contributed by atoms with E-state index in [9.17, 15) is 0 Å². The zero-order chi connectivity index (χ0) is 6.69. The van der Waals surface area contributed by atoms with Gasteiger partial charge in [0.2, 0.25) is 0 Å². The van der Waals surface area contributed by atoms with E-state index < -0.39 is 0 Å². The van der Waals surface area contributed by atoms with Gasteiger partial charge in [-0.2, -0.15) is 0 Å². The van der Waals surface area contributed by atoms with E-state index >= 15 is 0 Å².